The molecule has 2 fully saturated rings. The summed E-state index contributed by atoms with van der Waals surface area (Å²) in [6.45, 7) is 2.98. The second kappa shape index (κ2) is 9.63. The molecule has 0 unspecified atom stereocenters. The molecule has 1 aromatic carbocycles. The molecule has 184 valence electrons. The molecule has 1 saturated heterocycles. The number of thiazole rings is 1. The van der Waals surface area contributed by atoms with E-state index in [2.05, 4.69) is 20.5 Å². The lowest BCUT2D eigenvalue weighted by atomic mass is 9.81. The summed E-state index contributed by atoms with van der Waals surface area (Å²) in [5, 5.41) is 18.9. The lowest BCUT2D eigenvalue weighted by Gasteiger charge is -2.47. The third-order valence-corrected chi connectivity index (χ3v) is 7.61. The molecule has 2 amide bonds. The Labute approximate surface area is 199 Å². The third-order valence-electron chi connectivity index (χ3n) is 6.45. The van der Waals surface area contributed by atoms with Gasteiger partial charge in [0.05, 0.1) is 18.2 Å². The van der Waals surface area contributed by atoms with Crippen LogP contribution >= 0.6 is 11.3 Å². The number of amides is 2. The van der Waals surface area contributed by atoms with Crippen LogP contribution in [0.3, 0.4) is 0 Å². The van der Waals surface area contributed by atoms with Gasteiger partial charge in [0, 0.05) is 35.8 Å². The zero-order valence-corrected chi connectivity index (χ0v) is 19.5. The highest BCUT2D eigenvalue weighted by molar-refractivity contribution is 7.09. The largest absolute Gasteiger partial charge is 0.416 e. The molecular formula is C23H27F3N4O3S. The molecule has 4 rings (SSSR count). The molecule has 0 bridgehead atoms. The minimum absolute atomic E-state index is 0.0413. The van der Waals surface area contributed by atoms with Gasteiger partial charge in [-0.1, -0.05) is 6.07 Å². The molecule has 11 heteroatoms. The summed E-state index contributed by atoms with van der Waals surface area (Å²) in [7, 11) is 0. The Kier molecular flexibility index (Phi) is 6.97. The van der Waals surface area contributed by atoms with Gasteiger partial charge < -0.3 is 15.7 Å². The molecule has 7 nitrogen and oxygen atoms in total. The summed E-state index contributed by atoms with van der Waals surface area (Å²) in [4.78, 5) is 31.0. The zero-order chi connectivity index (χ0) is 24.5. The number of aryl methyl sites for hydroxylation is 1. The molecule has 2 aliphatic rings. The van der Waals surface area contributed by atoms with Crippen LogP contribution in [0.1, 0.15) is 52.3 Å². The quantitative estimate of drug-likeness (QED) is 0.572. The van der Waals surface area contributed by atoms with Gasteiger partial charge in [0.25, 0.3) is 5.91 Å². The van der Waals surface area contributed by atoms with E-state index in [-0.39, 0.29) is 24.1 Å². The molecule has 34 heavy (non-hydrogen) atoms. The highest BCUT2D eigenvalue weighted by Crippen LogP contribution is 2.40. The van der Waals surface area contributed by atoms with Gasteiger partial charge in [-0.3, -0.25) is 14.5 Å². The maximum absolute atomic E-state index is 12.8. The molecule has 1 aliphatic heterocycles. The number of carbonyl (C=O) groups excluding carboxylic acids is 2. The number of hydrogen-bond acceptors (Lipinski definition) is 6. The summed E-state index contributed by atoms with van der Waals surface area (Å²) in [6.07, 6.45) is -1.54. The number of alkyl halides is 3. The number of carbonyl (C=O) groups is 2. The topological polar surface area (TPSA) is 94.6 Å². The van der Waals surface area contributed by atoms with E-state index in [1.54, 1.807) is 0 Å². The van der Waals surface area contributed by atoms with E-state index in [0.717, 1.165) is 41.7 Å². The van der Waals surface area contributed by atoms with Crippen molar-refractivity contribution in [1.82, 2.24) is 20.5 Å². The van der Waals surface area contributed by atoms with Gasteiger partial charge in [0.2, 0.25) is 5.91 Å². The second-order valence-corrected chi connectivity index (χ2v) is 9.89. The minimum Gasteiger partial charge on any atom is -0.383 e. The monoisotopic (exact) mass is 496 g/mol. The van der Waals surface area contributed by atoms with Gasteiger partial charge in [-0.05, 0) is 50.8 Å². The Morgan fingerprint density at radius 1 is 1.26 bits per heavy atom. The van der Waals surface area contributed by atoms with Crippen LogP contribution in [0.2, 0.25) is 0 Å². The van der Waals surface area contributed by atoms with Crippen LogP contribution in [0.25, 0.3) is 0 Å². The summed E-state index contributed by atoms with van der Waals surface area (Å²) in [6, 6.07) is 4.38. The van der Waals surface area contributed by atoms with Crippen molar-refractivity contribution in [2.24, 2.45) is 0 Å². The molecule has 0 atom stereocenters. The Morgan fingerprint density at radius 2 is 1.97 bits per heavy atom. The molecule has 1 aromatic heterocycles. The van der Waals surface area contributed by atoms with Crippen molar-refractivity contribution in [1.29, 1.82) is 0 Å². The Balaban J connectivity index is 1.17. The van der Waals surface area contributed by atoms with Crippen molar-refractivity contribution in [2.45, 2.75) is 56.5 Å². The number of halogens is 3. The van der Waals surface area contributed by atoms with Gasteiger partial charge in [-0.25, -0.2) is 4.98 Å². The average molecular weight is 497 g/mol. The summed E-state index contributed by atoms with van der Waals surface area (Å²) >= 11 is 1.50. The van der Waals surface area contributed by atoms with E-state index >= 15 is 0 Å². The highest BCUT2D eigenvalue weighted by atomic mass is 32.1. The summed E-state index contributed by atoms with van der Waals surface area (Å²) in [5.74, 6) is -1.12. The first-order chi connectivity index (χ1) is 16.0. The van der Waals surface area contributed by atoms with Gasteiger partial charge >= 0.3 is 6.18 Å². The zero-order valence-electron chi connectivity index (χ0n) is 18.7. The van der Waals surface area contributed by atoms with Crippen LogP contribution in [0.4, 0.5) is 13.2 Å². The molecule has 0 spiro atoms. The maximum atomic E-state index is 12.8. The van der Waals surface area contributed by atoms with Crippen molar-refractivity contribution >= 4 is 23.2 Å². The number of aromatic nitrogens is 1. The predicted octanol–water partition coefficient (Wildman–Crippen LogP) is 2.83. The third kappa shape index (κ3) is 5.59. The first kappa shape index (κ1) is 24.6. The van der Waals surface area contributed by atoms with Gasteiger partial charge in [0.15, 0.2) is 0 Å². The van der Waals surface area contributed by atoms with Crippen molar-refractivity contribution < 1.29 is 27.9 Å². The number of aliphatic hydroxyl groups is 1. The summed E-state index contributed by atoms with van der Waals surface area (Å²) < 4.78 is 38.4. The van der Waals surface area contributed by atoms with Crippen molar-refractivity contribution in [3.63, 3.8) is 0 Å². The molecule has 0 radical (unpaired) electrons. The van der Waals surface area contributed by atoms with Crippen LogP contribution in [-0.2, 0) is 16.6 Å². The van der Waals surface area contributed by atoms with E-state index < -0.39 is 23.2 Å². The fourth-order valence-corrected chi connectivity index (χ4v) is 5.46. The van der Waals surface area contributed by atoms with E-state index in [9.17, 15) is 27.9 Å². The van der Waals surface area contributed by atoms with Crippen LogP contribution in [0, 0.1) is 6.92 Å². The Morgan fingerprint density at radius 3 is 2.59 bits per heavy atom. The van der Waals surface area contributed by atoms with E-state index in [4.69, 9.17) is 0 Å². The Hall–Kier alpha value is -2.50. The van der Waals surface area contributed by atoms with Crippen LogP contribution in [0.15, 0.2) is 29.6 Å². The summed E-state index contributed by atoms with van der Waals surface area (Å²) in [5.41, 5.74) is -1.00. The lowest BCUT2D eigenvalue weighted by Crippen LogP contribution is -2.63. The molecule has 1 aliphatic carbocycles. The number of hydrogen-bond donors (Lipinski definition) is 3. The fraction of sp³-hybridized carbons (Fsp3) is 0.522. The molecular weight excluding hydrogens is 469 g/mol. The van der Waals surface area contributed by atoms with Crippen LogP contribution < -0.4 is 10.6 Å². The van der Waals surface area contributed by atoms with Crippen molar-refractivity contribution in [3.8, 4) is 0 Å². The smallest absolute Gasteiger partial charge is 0.383 e. The molecule has 2 aromatic rings. The first-order valence-electron chi connectivity index (χ1n) is 11.2. The average Bonchev–Trinajstić information content (AvgIpc) is 3.22. The number of benzene rings is 1. The van der Waals surface area contributed by atoms with Gasteiger partial charge in [-0.2, -0.15) is 13.2 Å². The number of rotatable bonds is 6. The predicted molar refractivity (Wildman–Crippen MR) is 120 cm³/mol. The molecule has 3 N–H and O–H groups in total. The first-order valence-corrected chi connectivity index (χ1v) is 12.1. The van der Waals surface area contributed by atoms with E-state index in [1.807, 2.05) is 12.3 Å². The van der Waals surface area contributed by atoms with Crippen molar-refractivity contribution in [2.75, 3.05) is 19.6 Å². The number of nitrogens with one attached hydrogen (secondary N) is 2. The highest BCUT2D eigenvalue weighted by Gasteiger charge is 2.41. The SMILES string of the molecule is Cc1csc(C2(O)CCC(N3CC(NC(=O)CNC(=O)c4cccc(C(F)(F)F)c4)C3)CC2)n1. The molecule has 2 heterocycles. The van der Waals surface area contributed by atoms with Crippen molar-refractivity contribution in [3.05, 3.63) is 51.5 Å². The van der Waals surface area contributed by atoms with E-state index in [1.165, 1.54) is 17.4 Å². The minimum atomic E-state index is -4.54. The van der Waals surface area contributed by atoms with Crippen LogP contribution in [0.5, 0.6) is 0 Å². The normalized spacial score (nSPS) is 23.9. The second-order valence-electron chi connectivity index (χ2n) is 9.04. The van der Waals surface area contributed by atoms with E-state index in [0.29, 0.717) is 32.0 Å². The number of likely N-dealkylation sites (tertiary alicyclic amines) is 1. The maximum Gasteiger partial charge on any atom is 0.416 e. The Bertz CT molecular complexity index is 1040. The number of nitrogens with zero attached hydrogens (tertiary/aromatic N) is 2. The van der Waals surface area contributed by atoms with Gasteiger partial charge in [-0.15, -0.1) is 11.3 Å². The van der Waals surface area contributed by atoms with Crippen LogP contribution in [-0.4, -0.2) is 58.5 Å². The van der Waals surface area contributed by atoms with Gasteiger partial charge in [0.1, 0.15) is 10.6 Å². The standard InChI is InChI=1S/C23H27F3N4O3S/c1-14-13-34-21(28-14)22(33)7-5-18(6-8-22)30-11-17(12-30)29-19(31)10-27-20(32)15-3-2-4-16(9-15)23(24,25)26/h2-4,9,13,17-18,33H,5-8,10-12H2,1H3,(H,27,32)(H,29,31). The molecule has 1 saturated carbocycles. The lowest BCUT2D eigenvalue weighted by molar-refractivity contribution is -0.137. The fourth-order valence-electron chi connectivity index (χ4n) is 4.51.